The van der Waals surface area contributed by atoms with Gasteiger partial charge in [0.15, 0.2) is 0 Å². The van der Waals surface area contributed by atoms with E-state index in [1.807, 2.05) is 0 Å². The summed E-state index contributed by atoms with van der Waals surface area (Å²) in [5.41, 5.74) is -0.777. The van der Waals surface area contributed by atoms with Crippen LogP contribution in [0.5, 0.6) is 0 Å². The number of nitrogens with zero attached hydrogens (tertiary/aromatic N) is 1. The van der Waals surface area contributed by atoms with Crippen LogP contribution in [0.25, 0.3) is 0 Å². The van der Waals surface area contributed by atoms with E-state index in [2.05, 4.69) is 0 Å². The van der Waals surface area contributed by atoms with E-state index in [9.17, 15) is 13.5 Å². The summed E-state index contributed by atoms with van der Waals surface area (Å²) in [6, 6.07) is 0. The third-order valence-electron chi connectivity index (χ3n) is 4.21. The molecule has 0 radical (unpaired) electrons. The lowest BCUT2D eigenvalue weighted by molar-refractivity contribution is 0.0332. The fourth-order valence-electron chi connectivity index (χ4n) is 3.14. The molecule has 0 spiro atoms. The van der Waals surface area contributed by atoms with Crippen molar-refractivity contribution in [3.63, 3.8) is 0 Å². The van der Waals surface area contributed by atoms with Crippen LogP contribution >= 0.6 is 0 Å². The predicted octanol–water partition coefficient (Wildman–Crippen LogP) is 1.50. The van der Waals surface area contributed by atoms with E-state index in [0.29, 0.717) is 0 Å². The molecule has 2 fully saturated rings. The van der Waals surface area contributed by atoms with Gasteiger partial charge in [-0.2, -0.15) is 0 Å². The Morgan fingerprint density at radius 3 is 2.24 bits per heavy atom. The third kappa shape index (κ3) is 2.83. The Labute approximate surface area is 104 Å². The predicted molar refractivity (Wildman–Crippen MR) is 67.2 cm³/mol. The number of likely N-dealkylation sites (N-methyl/N-ethyl adjacent to an activating group) is 1. The maximum Gasteiger partial charge on any atom is 0.216 e. The summed E-state index contributed by atoms with van der Waals surface area (Å²) < 4.78 is 26.0. The highest BCUT2D eigenvalue weighted by Crippen LogP contribution is 2.32. The molecule has 0 heterocycles. The van der Waals surface area contributed by atoms with E-state index in [4.69, 9.17) is 0 Å². The van der Waals surface area contributed by atoms with Crippen molar-refractivity contribution in [3.05, 3.63) is 0 Å². The van der Waals surface area contributed by atoms with E-state index in [0.717, 1.165) is 51.4 Å². The van der Waals surface area contributed by atoms with E-state index >= 15 is 0 Å². The van der Waals surface area contributed by atoms with Crippen LogP contribution in [0.1, 0.15) is 51.4 Å². The molecule has 0 aromatic carbocycles. The molecule has 4 nitrogen and oxygen atoms in total. The number of rotatable bonds is 4. The molecule has 0 aliphatic heterocycles. The fourth-order valence-corrected chi connectivity index (χ4v) is 4.99. The van der Waals surface area contributed by atoms with Gasteiger partial charge >= 0.3 is 0 Å². The van der Waals surface area contributed by atoms with E-state index in [1.54, 1.807) is 7.05 Å². The van der Waals surface area contributed by atoms with Gasteiger partial charge < -0.3 is 5.11 Å². The zero-order chi connectivity index (χ0) is 12.5. The molecule has 0 unspecified atom stereocenters. The molecule has 17 heavy (non-hydrogen) atoms. The van der Waals surface area contributed by atoms with Crippen molar-refractivity contribution in [2.45, 2.75) is 62.2 Å². The summed E-state index contributed by atoms with van der Waals surface area (Å²) in [5.74, 6) is 0. The van der Waals surface area contributed by atoms with Crippen LogP contribution in [0, 0.1) is 0 Å². The number of aliphatic hydroxyl groups is 1. The van der Waals surface area contributed by atoms with Gasteiger partial charge in [0.2, 0.25) is 10.0 Å². The van der Waals surface area contributed by atoms with E-state index in [1.165, 1.54) is 4.31 Å². The maximum absolute atomic E-state index is 12.3. The van der Waals surface area contributed by atoms with Crippen molar-refractivity contribution in [2.75, 3.05) is 13.6 Å². The Balaban J connectivity index is 2.01. The van der Waals surface area contributed by atoms with Crippen molar-refractivity contribution >= 4 is 10.0 Å². The van der Waals surface area contributed by atoms with Crippen molar-refractivity contribution in [1.29, 1.82) is 0 Å². The van der Waals surface area contributed by atoms with Crippen molar-refractivity contribution in [3.8, 4) is 0 Å². The summed E-state index contributed by atoms with van der Waals surface area (Å²) in [5, 5.41) is 10.1. The first-order chi connectivity index (χ1) is 7.94. The quantitative estimate of drug-likeness (QED) is 0.834. The van der Waals surface area contributed by atoms with Crippen molar-refractivity contribution in [2.24, 2.45) is 0 Å². The molecule has 0 aromatic heterocycles. The first-order valence-electron chi connectivity index (χ1n) is 6.62. The van der Waals surface area contributed by atoms with Crippen molar-refractivity contribution in [1.82, 2.24) is 4.31 Å². The van der Waals surface area contributed by atoms with Gasteiger partial charge in [-0.05, 0) is 25.7 Å². The zero-order valence-electron chi connectivity index (χ0n) is 10.6. The number of hydrogen-bond donors (Lipinski definition) is 1. The molecular formula is C12H23NO3S. The molecule has 2 saturated carbocycles. The van der Waals surface area contributed by atoms with Gasteiger partial charge in [0.25, 0.3) is 0 Å². The second-order valence-corrected chi connectivity index (χ2v) is 7.96. The topological polar surface area (TPSA) is 57.6 Å². The normalized spacial score (nSPS) is 25.8. The molecule has 2 aliphatic rings. The smallest absolute Gasteiger partial charge is 0.216 e. The Morgan fingerprint density at radius 2 is 1.71 bits per heavy atom. The second-order valence-electron chi connectivity index (χ2n) is 5.64. The molecule has 0 bridgehead atoms. The first kappa shape index (κ1) is 13.3. The van der Waals surface area contributed by atoms with Crippen LogP contribution < -0.4 is 0 Å². The van der Waals surface area contributed by atoms with Crippen LogP contribution in [-0.4, -0.2) is 42.3 Å². The second kappa shape index (κ2) is 4.86. The number of hydrogen-bond acceptors (Lipinski definition) is 3. The fraction of sp³-hybridized carbons (Fsp3) is 1.00. The SMILES string of the molecule is CN(CC1(O)CCCC1)S(=O)(=O)C1CCCC1. The van der Waals surface area contributed by atoms with Gasteiger partial charge in [-0.15, -0.1) is 0 Å². The van der Waals surface area contributed by atoms with Gasteiger partial charge in [0.1, 0.15) is 0 Å². The highest BCUT2D eigenvalue weighted by molar-refractivity contribution is 7.89. The van der Waals surface area contributed by atoms with Crippen molar-refractivity contribution < 1.29 is 13.5 Å². The minimum absolute atomic E-state index is 0.211. The minimum atomic E-state index is -3.19. The average Bonchev–Trinajstić information content (AvgIpc) is 2.88. The van der Waals surface area contributed by atoms with E-state index in [-0.39, 0.29) is 11.8 Å². The Hall–Kier alpha value is -0.130. The highest BCUT2D eigenvalue weighted by atomic mass is 32.2. The zero-order valence-corrected chi connectivity index (χ0v) is 11.4. The lowest BCUT2D eigenvalue weighted by Gasteiger charge is -2.29. The third-order valence-corrected chi connectivity index (χ3v) is 6.52. The molecule has 0 amide bonds. The highest BCUT2D eigenvalue weighted by Gasteiger charge is 2.38. The molecule has 0 aromatic rings. The van der Waals surface area contributed by atoms with E-state index < -0.39 is 15.6 Å². The summed E-state index contributed by atoms with van der Waals surface area (Å²) in [6.07, 6.45) is 7.08. The van der Waals surface area contributed by atoms with Gasteiger partial charge in [0, 0.05) is 13.6 Å². The molecule has 1 N–H and O–H groups in total. The Morgan fingerprint density at radius 1 is 1.18 bits per heavy atom. The van der Waals surface area contributed by atoms with Crippen LogP contribution in [0.15, 0.2) is 0 Å². The first-order valence-corrected chi connectivity index (χ1v) is 8.12. The van der Waals surface area contributed by atoms with Crippen LogP contribution in [0.3, 0.4) is 0 Å². The number of sulfonamides is 1. The standard InChI is InChI=1S/C12H23NO3S/c1-13(10-12(14)8-4-5-9-12)17(15,16)11-6-2-3-7-11/h11,14H,2-10H2,1H3. The molecule has 100 valence electrons. The Kier molecular flexibility index (Phi) is 3.80. The summed E-state index contributed by atoms with van der Waals surface area (Å²) in [7, 11) is -1.58. The van der Waals surface area contributed by atoms with Crippen LogP contribution in [-0.2, 0) is 10.0 Å². The maximum atomic E-state index is 12.3. The van der Waals surface area contributed by atoms with Gasteiger partial charge in [-0.1, -0.05) is 25.7 Å². The molecule has 0 atom stereocenters. The summed E-state index contributed by atoms with van der Waals surface area (Å²) >= 11 is 0. The lowest BCUT2D eigenvalue weighted by Crippen LogP contribution is -2.44. The summed E-state index contributed by atoms with van der Waals surface area (Å²) in [6.45, 7) is 0.270. The molecule has 2 rings (SSSR count). The van der Waals surface area contributed by atoms with Crippen LogP contribution in [0.2, 0.25) is 0 Å². The van der Waals surface area contributed by atoms with Crippen LogP contribution in [0.4, 0.5) is 0 Å². The monoisotopic (exact) mass is 261 g/mol. The molecular weight excluding hydrogens is 238 g/mol. The summed E-state index contributed by atoms with van der Waals surface area (Å²) in [4.78, 5) is 0. The van der Waals surface area contributed by atoms with Gasteiger partial charge in [0.05, 0.1) is 10.9 Å². The average molecular weight is 261 g/mol. The largest absolute Gasteiger partial charge is 0.389 e. The molecule has 5 heteroatoms. The molecule has 0 saturated heterocycles. The van der Waals surface area contributed by atoms with Gasteiger partial charge in [-0.25, -0.2) is 12.7 Å². The van der Waals surface area contributed by atoms with Gasteiger partial charge in [-0.3, -0.25) is 0 Å². The molecule has 2 aliphatic carbocycles. The minimum Gasteiger partial charge on any atom is -0.389 e. The Bertz CT molecular complexity index is 354. The lowest BCUT2D eigenvalue weighted by atomic mass is 10.0.